The maximum atomic E-state index is 13.8. The number of sulfonamides is 1. The van der Waals surface area contributed by atoms with Crippen molar-refractivity contribution in [2.24, 2.45) is 11.8 Å². The molecule has 0 saturated carbocycles. The lowest BCUT2D eigenvalue weighted by Crippen LogP contribution is -2.42. The predicted molar refractivity (Wildman–Crippen MR) is 110 cm³/mol. The van der Waals surface area contributed by atoms with Gasteiger partial charge in [-0.2, -0.15) is 4.31 Å². The van der Waals surface area contributed by atoms with E-state index in [9.17, 15) is 17.6 Å². The Hall–Kier alpha value is -2.25. The lowest BCUT2D eigenvalue weighted by Gasteiger charge is -2.34. The summed E-state index contributed by atoms with van der Waals surface area (Å²) in [4.78, 5) is 14.3. The van der Waals surface area contributed by atoms with Gasteiger partial charge in [0, 0.05) is 37.8 Å². The Morgan fingerprint density at radius 3 is 2.24 bits per heavy atom. The number of amides is 1. The van der Waals surface area contributed by atoms with Crippen LogP contribution < -0.4 is 0 Å². The van der Waals surface area contributed by atoms with Gasteiger partial charge < -0.3 is 4.90 Å². The Balaban J connectivity index is 1.73. The summed E-state index contributed by atoms with van der Waals surface area (Å²) in [6.45, 7) is 5.28. The molecule has 29 heavy (non-hydrogen) atoms. The third-order valence-electron chi connectivity index (χ3n) is 5.29. The minimum absolute atomic E-state index is 0.134. The number of hydrogen-bond donors (Lipinski definition) is 0. The molecule has 0 aromatic heterocycles. The van der Waals surface area contributed by atoms with Gasteiger partial charge in [0.2, 0.25) is 10.0 Å². The quantitative estimate of drug-likeness (QED) is 0.743. The van der Waals surface area contributed by atoms with E-state index < -0.39 is 10.0 Å². The van der Waals surface area contributed by atoms with Crippen molar-refractivity contribution >= 4 is 15.9 Å². The molecule has 1 fully saturated rings. The second-order valence-electron chi connectivity index (χ2n) is 8.05. The Morgan fingerprint density at radius 2 is 1.66 bits per heavy atom. The van der Waals surface area contributed by atoms with Crippen molar-refractivity contribution in [3.63, 3.8) is 0 Å². The molecule has 2 aromatic carbocycles. The summed E-state index contributed by atoms with van der Waals surface area (Å²) in [7, 11) is -1.99. The van der Waals surface area contributed by atoms with E-state index in [0.29, 0.717) is 36.1 Å². The fraction of sp³-hybridized carbons (Fsp3) is 0.409. The van der Waals surface area contributed by atoms with Crippen LogP contribution in [0, 0.1) is 17.7 Å². The van der Waals surface area contributed by atoms with Crippen LogP contribution in [0.3, 0.4) is 0 Å². The molecule has 2 atom stereocenters. The molecule has 0 radical (unpaired) electrons. The van der Waals surface area contributed by atoms with E-state index in [2.05, 4.69) is 13.8 Å². The van der Waals surface area contributed by atoms with Gasteiger partial charge in [0.15, 0.2) is 0 Å². The summed E-state index contributed by atoms with van der Waals surface area (Å²) in [5.74, 6) is -0.0150. The monoisotopic (exact) mass is 418 g/mol. The van der Waals surface area contributed by atoms with Gasteiger partial charge in [-0.25, -0.2) is 12.8 Å². The van der Waals surface area contributed by atoms with Crippen molar-refractivity contribution in [3.8, 4) is 0 Å². The highest BCUT2D eigenvalue weighted by molar-refractivity contribution is 7.89. The molecular weight excluding hydrogens is 391 g/mol. The molecule has 1 aliphatic heterocycles. The molecular formula is C22H27FN2O3S. The van der Waals surface area contributed by atoms with Gasteiger partial charge in [0.1, 0.15) is 5.82 Å². The van der Waals surface area contributed by atoms with Crippen LogP contribution in [0.4, 0.5) is 4.39 Å². The van der Waals surface area contributed by atoms with Gasteiger partial charge in [0.05, 0.1) is 4.90 Å². The van der Waals surface area contributed by atoms with E-state index in [0.717, 1.165) is 6.42 Å². The zero-order valence-corrected chi connectivity index (χ0v) is 17.8. The minimum atomic E-state index is -3.59. The number of benzene rings is 2. The molecule has 3 rings (SSSR count). The zero-order valence-electron chi connectivity index (χ0n) is 17.0. The number of nitrogens with zero attached hydrogens (tertiary/aromatic N) is 2. The largest absolute Gasteiger partial charge is 0.337 e. The van der Waals surface area contributed by atoms with Crippen molar-refractivity contribution in [2.45, 2.75) is 31.7 Å². The van der Waals surface area contributed by atoms with Crippen LogP contribution in [0.5, 0.6) is 0 Å². The predicted octanol–water partition coefficient (Wildman–Crippen LogP) is 3.76. The third-order valence-corrected chi connectivity index (χ3v) is 7.13. The minimum Gasteiger partial charge on any atom is -0.337 e. The number of halogens is 1. The molecule has 0 unspecified atom stereocenters. The van der Waals surface area contributed by atoms with E-state index in [-0.39, 0.29) is 23.2 Å². The van der Waals surface area contributed by atoms with Crippen molar-refractivity contribution in [1.29, 1.82) is 0 Å². The number of carbonyl (C=O) groups is 1. The molecule has 1 heterocycles. The summed E-state index contributed by atoms with van der Waals surface area (Å²) in [6.07, 6.45) is 1.02. The first-order valence-electron chi connectivity index (χ1n) is 9.77. The van der Waals surface area contributed by atoms with Gasteiger partial charge in [-0.3, -0.25) is 4.79 Å². The van der Waals surface area contributed by atoms with E-state index in [1.54, 1.807) is 25.2 Å². The first kappa shape index (κ1) is 21.5. The SMILES string of the molecule is C[C@@H]1C[C@H](C)CN(S(=O)(=O)c2ccc(C(=O)N(C)Cc3ccccc3F)cc2)C1. The highest BCUT2D eigenvalue weighted by atomic mass is 32.2. The van der Waals surface area contributed by atoms with Crippen LogP contribution in [0.2, 0.25) is 0 Å². The van der Waals surface area contributed by atoms with Crippen LogP contribution >= 0.6 is 0 Å². The van der Waals surface area contributed by atoms with Gasteiger partial charge in [-0.15, -0.1) is 0 Å². The van der Waals surface area contributed by atoms with Gasteiger partial charge in [-0.1, -0.05) is 32.0 Å². The summed E-state index contributed by atoms with van der Waals surface area (Å²) in [6, 6.07) is 12.3. The fourth-order valence-electron chi connectivity index (χ4n) is 3.89. The Morgan fingerprint density at radius 1 is 1.07 bits per heavy atom. The standard InChI is InChI=1S/C22H27FN2O3S/c1-16-12-17(2)14-25(13-16)29(27,28)20-10-8-18(9-11-20)22(26)24(3)15-19-6-4-5-7-21(19)23/h4-11,16-17H,12-15H2,1-3H3/t16-,17+. The van der Waals surface area contributed by atoms with Crippen LogP contribution in [0.25, 0.3) is 0 Å². The van der Waals surface area contributed by atoms with Gasteiger partial charge >= 0.3 is 0 Å². The highest BCUT2D eigenvalue weighted by Gasteiger charge is 2.31. The molecule has 1 amide bonds. The lowest BCUT2D eigenvalue weighted by molar-refractivity contribution is 0.0783. The van der Waals surface area contributed by atoms with Gasteiger partial charge in [-0.05, 0) is 48.6 Å². The van der Waals surface area contributed by atoms with Crippen molar-refractivity contribution in [3.05, 3.63) is 65.5 Å². The molecule has 156 valence electrons. The van der Waals surface area contributed by atoms with Crippen molar-refractivity contribution in [2.75, 3.05) is 20.1 Å². The van der Waals surface area contributed by atoms with E-state index in [1.165, 1.54) is 39.5 Å². The zero-order chi connectivity index (χ0) is 21.2. The molecule has 1 aliphatic rings. The van der Waals surface area contributed by atoms with Crippen LogP contribution in [-0.2, 0) is 16.6 Å². The third kappa shape index (κ3) is 4.85. The topological polar surface area (TPSA) is 57.7 Å². The number of piperidine rings is 1. The molecule has 7 heteroatoms. The Bertz CT molecular complexity index is 966. The lowest BCUT2D eigenvalue weighted by atomic mass is 9.94. The normalized spacial score (nSPS) is 20.4. The van der Waals surface area contributed by atoms with Crippen LogP contribution in [0.1, 0.15) is 36.2 Å². The van der Waals surface area contributed by atoms with Crippen LogP contribution in [-0.4, -0.2) is 43.7 Å². The Labute approximate surface area is 172 Å². The smallest absolute Gasteiger partial charge is 0.253 e. The maximum absolute atomic E-state index is 13.8. The first-order chi connectivity index (χ1) is 13.7. The summed E-state index contributed by atoms with van der Waals surface area (Å²) in [5.41, 5.74) is 0.791. The van der Waals surface area contributed by atoms with Gasteiger partial charge in [0.25, 0.3) is 5.91 Å². The maximum Gasteiger partial charge on any atom is 0.253 e. The van der Waals surface area contributed by atoms with E-state index >= 15 is 0 Å². The summed E-state index contributed by atoms with van der Waals surface area (Å²) >= 11 is 0. The highest BCUT2D eigenvalue weighted by Crippen LogP contribution is 2.27. The molecule has 0 spiro atoms. The summed E-state index contributed by atoms with van der Waals surface area (Å²) in [5, 5.41) is 0. The fourth-order valence-corrected chi connectivity index (χ4v) is 5.57. The van der Waals surface area contributed by atoms with E-state index in [4.69, 9.17) is 0 Å². The van der Waals surface area contributed by atoms with Crippen LogP contribution in [0.15, 0.2) is 53.4 Å². The molecule has 0 N–H and O–H groups in total. The molecule has 2 aromatic rings. The average Bonchev–Trinajstić information content (AvgIpc) is 2.68. The second-order valence-corrected chi connectivity index (χ2v) is 9.98. The second kappa shape index (κ2) is 8.63. The van der Waals surface area contributed by atoms with E-state index in [1.807, 2.05) is 0 Å². The molecule has 0 aliphatic carbocycles. The van der Waals surface area contributed by atoms with Crippen molar-refractivity contribution < 1.29 is 17.6 Å². The first-order valence-corrected chi connectivity index (χ1v) is 11.2. The molecule has 1 saturated heterocycles. The summed E-state index contributed by atoms with van der Waals surface area (Å²) < 4.78 is 41.3. The molecule has 5 nitrogen and oxygen atoms in total. The number of hydrogen-bond acceptors (Lipinski definition) is 3. The molecule has 0 bridgehead atoms. The number of carbonyl (C=O) groups excluding carboxylic acids is 1. The van der Waals surface area contributed by atoms with Crippen molar-refractivity contribution in [1.82, 2.24) is 9.21 Å². The average molecular weight is 419 g/mol. The Kier molecular flexibility index (Phi) is 6.39. The number of rotatable bonds is 5.